The molecule has 2 aromatic rings. The Balaban J connectivity index is 2.34. The van der Waals surface area contributed by atoms with Crippen LogP contribution in [0.25, 0.3) is 0 Å². The normalized spacial score (nSPS) is 10.0. The van der Waals surface area contributed by atoms with E-state index in [0.717, 1.165) is 12.1 Å². The van der Waals surface area contributed by atoms with E-state index >= 15 is 0 Å². The summed E-state index contributed by atoms with van der Waals surface area (Å²) in [5.74, 6) is -0.413. The van der Waals surface area contributed by atoms with E-state index in [9.17, 15) is 14.5 Å². The Labute approximate surface area is 108 Å². The fourth-order valence-corrected chi connectivity index (χ4v) is 1.46. The summed E-state index contributed by atoms with van der Waals surface area (Å²) in [4.78, 5) is 14.0. The number of ether oxygens (including phenoxy) is 1. The lowest BCUT2D eigenvalue weighted by molar-refractivity contribution is -0.385. The predicted octanol–water partition coefficient (Wildman–Crippen LogP) is 2.96. The maximum absolute atomic E-state index is 13.0. The fourth-order valence-electron chi connectivity index (χ4n) is 1.46. The second-order valence-corrected chi connectivity index (χ2v) is 3.63. The van der Waals surface area contributed by atoms with Gasteiger partial charge in [-0.25, -0.2) is 4.39 Å². The van der Waals surface area contributed by atoms with Crippen LogP contribution in [0.4, 0.5) is 15.8 Å². The monoisotopic (exact) mass is 263 g/mol. The molecule has 0 spiro atoms. The molecule has 98 valence electrons. The van der Waals surface area contributed by atoms with E-state index in [1.54, 1.807) is 19.3 Å². The largest absolute Gasteiger partial charge is 0.448 e. The molecule has 19 heavy (non-hydrogen) atoms. The van der Waals surface area contributed by atoms with Crippen molar-refractivity contribution in [3.8, 4) is 11.5 Å². The summed E-state index contributed by atoms with van der Waals surface area (Å²) in [5, 5.41) is 13.7. The van der Waals surface area contributed by atoms with Crippen LogP contribution in [-0.2, 0) is 0 Å². The number of hydrogen-bond acceptors (Lipinski definition) is 5. The van der Waals surface area contributed by atoms with Gasteiger partial charge >= 0.3 is 5.69 Å². The Morgan fingerprint density at radius 2 is 2.16 bits per heavy atom. The maximum atomic E-state index is 13.0. The number of anilines is 1. The molecule has 0 aliphatic heterocycles. The lowest BCUT2D eigenvalue weighted by Gasteiger charge is -2.07. The van der Waals surface area contributed by atoms with Crippen LogP contribution < -0.4 is 10.1 Å². The Morgan fingerprint density at radius 3 is 2.84 bits per heavy atom. The molecule has 7 heteroatoms. The molecule has 0 aliphatic rings. The highest BCUT2D eigenvalue weighted by Crippen LogP contribution is 2.32. The summed E-state index contributed by atoms with van der Waals surface area (Å²) in [6, 6.07) is 4.74. The van der Waals surface area contributed by atoms with Crippen molar-refractivity contribution >= 4 is 11.4 Å². The number of benzene rings is 1. The van der Waals surface area contributed by atoms with E-state index in [0.29, 0.717) is 11.4 Å². The first kappa shape index (κ1) is 12.7. The van der Waals surface area contributed by atoms with Crippen molar-refractivity contribution < 1.29 is 14.1 Å². The van der Waals surface area contributed by atoms with Gasteiger partial charge in [0.05, 0.1) is 29.1 Å². The van der Waals surface area contributed by atoms with Gasteiger partial charge in [-0.3, -0.25) is 15.1 Å². The Hall–Kier alpha value is -2.70. The lowest BCUT2D eigenvalue weighted by atomic mass is 10.3. The van der Waals surface area contributed by atoms with E-state index < -0.39 is 16.4 Å². The molecule has 1 N–H and O–H groups in total. The van der Waals surface area contributed by atoms with E-state index in [-0.39, 0.29) is 5.75 Å². The Kier molecular flexibility index (Phi) is 3.56. The summed E-state index contributed by atoms with van der Waals surface area (Å²) in [6.45, 7) is 0. The third kappa shape index (κ3) is 2.95. The number of pyridine rings is 1. The van der Waals surface area contributed by atoms with Gasteiger partial charge in [-0.2, -0.15) is 0 Å². The van der Waals surface area contributed by atoms with Gasteiger partial charge in [0.25, 0.3) is 0 Å². The summed E-state index contributed by atoms with van der Waals surface area (Å²) in [5.41, 5.74) is 0.261. The molecule has 1 heterocycles. The Morgan fingerprint density at radius 1 is 1.37 bits per heavy atom. The molecule has 0 atom stereocenters. The quantitative estimate of drug-likeness (QED) is 0.677. The minimum absolute atomic E-state index is 0.0403. The van der Waals surface area contributed by atoms with Gasteiger partial charge in [0.15, 0.2) is 0 Å². The molecule has 0 aliphatic carbocycles. The number of aromatic nitrogens is 1. The number of nitrogens with zero attached hydrogens (tertiary/aromatic N) is 2. The molecule has 0 saturated heterocycles. The zero-order chi connectivity index (χ0) is 13.8. The fraction of sp³-hybridized carbons (Fsp3) is 0.0833. The number of nitrogens with one attached hydrogen (secondary N) is 1. The summed E-state index contributed by atoms with van der Waals surface area (Å²) in [6.07, 6.45) is 2.99. The van der Waals surface area contributed by atoms with Crippen molar-refractivity contribution in [2.24, 2.45) is 0 Å². The molecule has 0 radical (unpaired) electrons. The molecular weight excluding hydrogens is 253 g/mol. The van der Waals surface area contributed by atoms with Crippen LogP contribution in [0, 0.1) is 15.9 Å². The lowest BCUT2D eigenvalue weighted by Crippen LogP contribution is -1.95. The SMILES string of the molecule is CNc1cncc(Oc2ccc(F)cc2[N+](=O)[O-])c1. The van der Waals surface area contributed by atoms with Gasteiger partial charge < -0.3 is 10.1 Å². The minimum atomic E-state index is -0.701. The van der Waals surface area contributed by atoms with Gasteiger partial charge in [0, 0.05) is 13.1 Å². The van der Waals surface area contributed by atoms with E-state index in [1.807, 2.05) is 0 Å². The average molecular weight is 263 g/mol. The maximum Gasteiger partial charge on any atom is 0.314 e. The number of nitro benzene ring substituents is 1. The highest BCUT2D eigenvalue weighted by atomic mass is 19.1. The van der Waals surface area contributed by atoms with Gasteiger partial charge in [-0.05, 0) is 12.1 Å². The predicted molar refractivity (Wildman–Crippen MR) is 66.9 cm³/mol. The van der Waals surface area contributed by atoms with E-state index in [1.165, 1.54) is 12.3 Å². The minimum Gasteiger partial charge on any atom is -0.448 e. The van der Waals surface area contributed by atoms with E-state index in [2.05, 4.69) is 10.3 Å². The summed E-state index contributed by atoms with van der Waals surface area (Å²) < 4.78 is 18.3. The van der Waals surface area contributed by atoms with Crippen molar-refractivity contribution in [2.75, 3.05) is 12.4 Å². The molecular formula is C12H10FN3O3. The molecule has 0 fully saturated rings. The van der Waals surface area contributed by atoms with Crippen LogP contribution in [-0.4, -0.2) is 17.0 Å². The number of halogens is 1. The zero-order valence-corrected chi connectivity index (χ0v) is 9.96. The van der Waals surface area contributed by atoms with Crippen LogP contribution in [0.2, 0.25) is 0 Å². The second-order valence-electron chi connectivity index (χ2n) is 3.63. The average Bonchev–Trinajstić information content (AvgIpc) is 2.41. The van der Waals surface area contributed by atoms with Crippen LogP contribution in [0.1, 0.15) is 0 Å². The molecule has 0 saturated carbocycles. The van der Waals surface area contributed by atoms with Crippen molar-refractivity contribution in [3.63, 3.8) is 0 Å². The van der Waals surface area contributed by atoms with Crippen LogP contribution in [0.15, 0.2) is 36.7 Å². The van der Waals surface area contributed by atoms with Gasteiger partial charge in [-0.1, -0.05) is 0 Å². The molecule has 6 nitrogen and oxygen atoms in total. The first-order valence-corrected chi connectivity index (χ1v) is 5.35. The number of hydrogen-bond donors (Lipinski definition) is 1. The standard InChI is InChI=1S/C12H10FN3O3/c1-14-9-5-10(7-15-6-9)19-12-3-2-8(13)4-11(12)16(17)18/h2-7,14H,1H3. The molecule has 1 aromatic carbocycles. The van der Waals surface area contributed by atoms with Gasteiger partial charge in [-0.15, -0.1) is 0 Å². The summed E-state index contributed by atoms with van der Waals surface area (Å²) >= 11 is 0. The third-order valence-corrected chi connectivity index (χ3v) is 2.35. The first-order valence-electron chi connectivity index (χ1n) is 5.35. The number of rotatable bonds is 4. The molecule has 0 amide bonds. The molecule has 0 unspecified atom stereocenters. The molecule has 2 rings (SSSR count). The highest BCUT2D eigenvalue weighted by molar-refractivity contribution is 5.50. The molecule has 0 bridgehead atoms. The van der Waals surface area contributed by atoms with E-state index in [4.69, 9.17) is 4.74 Å². The van der Waals surface area contributed by atoms with Crippen molar-refractivity contribution in [1.29, 1.82) is 0 Å². The first-order chi connectivity index (χ1) is 9.10. The van der Waals surface area contributed by atoms with Crippen LogP contribution in [0.3, 0.4) is 0 Å². The summed E-state index contributed by atoms with van der Waals surface area (Å²) in [7, 11) is 1.71. The number of nitro groups is 1. The smallest absolute Gasteiger partial charge is 0.314 e. The van der Waals surface area contributed by atoms with Crippen LogP contribution >= 0.6 is 0 Å². The van der Waals surface area contributed by atoms with Gasteiger partial charge in [0.2, 0.25) is 5.75 Å². The van der Waals surface area contributed by atoms with Crippen molar-refractivity contribution in [1.82, 2.24) is 4.98 Å². The molecule has 1 aromatic heterocycles. The van der Waals surface area contributed by atoms with Crippen molar-refractivity contribution in [2.45, 2.75) is 0 Å². The third-order valence-electron chi connectivity index (χ3n) is 2.35. The Bertz CT molecular complexity index is 619. The zero-order valence-electron chi connectivity index (χ0n) is 9.96. The van der Waals surface area contributed by atoms with Crippen molar-refractivity contribution in [3.05, 3.63) is 52.6 Å². The van der Waals surface area contributed by atoms with Crippen LogP contribution in [0.5, 0.6) is 11.5 Å². The topological polar surface area (TPSA) is 77.3 Å². The second kappa shape index (κ2) is 5.30. The van der Waals surface area contributed by atoms with Gasteiger partial charge in [0.1, 0.15) is 11.6 Å². The highest BCUT2D eigenvalue weighted by Gasteiger charge is 2.17.